The van der Waals surface area contributed by atoms with Crippen molar-refractivity contribution < 1.29 is 14.3 Å². The lowest BCUT2D eigenvalue weighted by Gasteiger charge is -2.30. The highest BCUT2D eigenvalue weighted by Crippen LogP contribution is 2.28. The molecule has 1 aliphatic rings. The molecule has 0 atom stereocenters. The fraction of sp³-hybridized carbons (Fsp3) is 0.360. The average Bonchev–Trinajstić information content (AvgIpc) is 3.24. The smallest absolute Gasteiger partial charge is 0.309 e. The molecule has 0 unspecified atom stereocenters. The molecule has 2 heterocycles. The van der Waals surface area contributed by atoms with Crippen LogP contribution in [0.25, 0.3) is 16.9 Å². The Hall–Kier alpha value is -3.12. The minimum absolute atomic E-state index is 0.0179. The van der Waals surface area contributed by atoms with Crippen LogP contribution in [0, 0.1) is 5.92 Å². The van der Waals surface area contributed by atoms with Crippen LogP contribution in [0.15, 0.2) is 60.8 Å². The van der Waals surface area contributed by atoms with Gasteiger partial charge in [-0.1, -0.05) is 18.2 Å². The average molecular weight is 420 g/mol. The quantitative estimate of drug-likeness (QED) is 0.534. The highest BCUT2D eigenvalue weighted by Gasteiger charge is 2.27. The molecule has 2 aromatic carbocycles. The number of nitrogens with zero attached hydrogens (tertiary/aromatic N) is 3. The monoisotopic (exact) mass is 419 g/mol. The maximum atomic E-state index is 12.1. The number of hydrogen-bond acceptors (Lipinski definition) is 5. The Morgan fingerprint density at radius 1 is 1.06 bits per heavy atom. The summed E-state index contributed by atoms with van der Waals surface area (Å²) in [5.41, 5.74) is 4.24. The van der Waals surface area contributed by atoms with E-state index in [4.69, 9.17) is 14.6 Å². The molecule has 0 N–H and O–H groups in total. The first-order chi connectivity index (χ1) is 15.2. The van der Waals surface area contributed by atoms with Crippen molar-refractivity contribution in [2.75, 3.05) is 26.8 Å². The summed E-state index contributed by atoms with van der Waals surface area (Å²) in [6.07, 6.45) is 3.79. The molecule has 162 valence electrons. The minimum atomic E-state index is -0.0574. The van der Waals surface area contributed by atoms with Crippen molar-refractivity contribution in [3.63, 3.8) is 0 Å². The maximum Gasteiger partial charge on any atom is 0.309 e. The van der Waals surface area contributed by atoms with Gasteiger partial charge in [-0.05, 0) is 69.3 Å². The molecule has 1 saturated heterocycles. The van der Waals surface area contributed by atoms with Gasteiger partial charge in [-0.3, -0.25) is 9.69 Å². The standard InChI is InChI=1S/C25H29N3O3/c1-3-31-25(29)20-13-15-27(16-14-20)17-21-18-28(22-7-5-4-6-8-22)26-24(21)19-9-11-23(30-2)12-10-19/h4-12,18,20H,3,13-17H2,1-2H3. The number of hydrogen-bond donors (Lipinski definition) is 0. The molecule has 0 spiro atoms. The summed E-state index contributed by atoms with van der Waals surface area (Å²) in [5, 5.41) is 4.91. The number of aromatic nitrogens is 2. The van der Waals surface area contributed by atoms with Crippen LogP contribution in [-0.4, -0.2) is 47.5 Å². The molecule has 6 nitrogen and oxygen atoms in total. The van der Waals surface area contributed by atoms with Crippen LogP contribution in [0.5, 0.6) is 5.75 Å². The third-order valence-electron chi connectivity index (χ3n) is 5.78. The second-order valence-electron chi connectivity index (χ2n) is 7.81. The highest BCUT2D eigenvalue weighted by atomic mass is 16.5. The molecule has 0 radical (unpaired) electrons. The van der Waals surface area contributed by atoms with E-state index in [1.54, 1.807) is 7.11 Å². The molecular formula is C25H29N3O3. The molecule has 6 heteroatoms. The third-order valence-corrected chi connectivity index (χ3v) is 5.78. The molecule has 0 aliphatic carbocycles. The van der Waals surface area contributed by atoms with Gasteiger partial charge in [0.2, 0.25) is 0 Å². The van der Waals surface area contributed by atoms with Crippen LogP contribution >= 0.6 is 0 Å². The molecule has 31 heavy (non-hydrogen) atoms. The second kappa shape index (κ2) is 9.79. The molecule has 0 saturated carbocycles. The first-order valence-corrected chi connectivity index (χ1v) is 10.8. The van der Waals surface area contributed by atoms with E-state index >= 15 is 0 Å². The van der Waals surface area contributed by atoms with Crippen LogP contribution in [-0.2, 0) is 16.1 Å². The maximum absolute atomic E-state index is 12.1. The summed E-state index contributed by atoms with van der Waals surface area (Å²) < 4.78 is 12.5. The summed E-state index contributed by atoms with van der Waals surface area (Å²) in [6.45, 7) is 4.86. The summed E-state index contributed by atoms with van der Waals surface area (Å²) in [4.78, 5) is 14.4. The lowest BCUT2D eigenvalue weighted by Crippen LogP contribution is -2.36. The SMILES string of the molecule is CCOC(=O)C1CCN(Cc2cn(-c3ccccc3)nc2-c2ccc(OC)cc2)CC1. The Morgan fingerprint density at radius 2 is 1.77 bits per heavy atom. The van der Waals surface area contributed by atoms with Crippen molar-refractivity contribution in [3.05, 3.63) is 66.4 Å². The van der Waals surface area contributed by atoms with E-state index in [1.165, 1.54) is 5.56 Å². The van der Waals surface area contributed by atoms with E-state index in [2.05, 4.69) is 23.2 Å². The predicted octanol–water partition coefficient (Wildman–Crippen LogP) is 4.32. The highest BCUT2D eigenvalue weighted by molar-refractivity contribution is 5.72. The van der Waals surface area contributed by atoms with Crippen molar-refractivity contribution in [3.8, 4) is 22.7 Å². The number of likely N-dealkylation sites (tertiary alicyclic amines) is 1. The molecule has 4 rings (SSSR count). The van der Waals surface area contributed by atoms with Gasteiger partial charge in [0.25, 0.3) is 0 Å². The summed E-state index contributed by atoms with van der Waals surface area (Å²) in [6, 6.07) is 18.2. The Bertz CT molecular complexity index is 991. The fourth-order valence-corrected chi connectivity index (χ4v) is 4.06. The number of esters is 1. The van der Waals surface area contributed by atoms with Gasteiger partial charge >= 0.3 is 5.97 Å². The molecular weight excluding hydrogens is 390 g/mol. The Labute approximate surface area is 183 Å². The molecule has 3 aromatic rings. The Morgan fingerprint density at radius 3 is 2.42 bits per heavy atom. The number of piperidine rings is 1. The largest absolute Gasteiger partial charge is 0.497 e. The van der Waals surface area contributed by atoms with E-state index in [1.807, 2.05) is 54.1 Å². The zero-order chi connectivity index (χ0) is 21.6. The predicted molar refractivity (Wildman–Crippen MR) is 120 cm³/mol. The lowest BCUT2D eigenvalue weighted by atomic mass is 9.96. The molecule has 1 aliphatic heterocycles. The number of benzene rings is 2. The van der Waals surface area contributed by atoms with E-state index in [9.17, 15) is 4.79 Å². The van der Waals surface area contributed by atoms with Crippen LogP contribution in [0.4, 0.5) is 0 Å². The third kappa shape index (κ3) is 4.97. The van der Waals surface area contributed by atoms with Gasteiger partial charge in [0.15, 0.2) is 0 Å². The lowest BCUT2D eigenvalue weighted by molar-refractivity contribution is -0.149. The summed E-state index contributed by atoms with van der Waals surface area (Å²) >= 11 is 0. The van der Waals surface area contributed by atoms with E-state index in [0.717, 1.165) is 55.2 Å². The van der Waals surface area contributed by atoms with Crippen molar-refractivity contribution >= 4 is 5.97 Å². The molecule has 1 aromatic heterocycles. The number of carbonyl (C=O) groups is 1. The number of methoxy groups -OCH3 is 1. The second-order valence-corrected chi connectivity index (χ2v) is 7.81. The number of para-hydroxylation sites is 1. The zero-order valence-electron chi connectivity index (χ0n) is 18.2. The van der Waals surface area contributed by atoms with Gasteiger partial charge in [-0.2, -0.15) is 5.10 Å². The summed E-state index contributed by atoms with van der Waals surface area (Å²) in [5.74, 6) is 0.788. The minimum Gasteiger partial charge on any atom is -0.497 e. The number of ether oxygens (including phenoxy) is 2. The Kier molecular flexibility index (Phi) is 6.67. The normalized spacial score (nSPS) is 15.0. The Balaban J connectivity index is 1.56. The van der Waals surface area contributed by atoms with Gasteiger partial charge in [-0.25, -0.2) is 4.68 Å². The van der Waals surface area contributed by atoms with Crippen LogP contribution in [0.3, 0.4) is 0 Å². The fourth-order valence-electron chi connectivity index (χ4n) is 4.06. The van der Waals surface area contributed by atoms with E-state index < -0.39 is 0 Å². The first-order valence-electron chi connectivity index (χ1n) is 10.8. The van der Waals surface area contributed by atoms with E-state index in [0.29, 0.717) is 6.61 Å². The van der Waals surface area contributed by atoms with Crippen molar-refractivity contribution in [2.45, 2.75) is 26.3 Å². The van der Waals surface area contributed by atoms with Crippen LogP contribution < -0.4 is 4.74 Å². The van der Waals surface area contributed by atoms with Crippen LogP contribution in [0.1, 0.15) is 25.3 Å². The van der Waals surface area contributed by atoms with Crippen molar-refractivity contribution in [1.82, 2.24) is 14.7 Å². The molecule has 1 fully saturated rings. The van der Waals surface area contributed by atoms with Gasteiger partial charge in [0.05, 0.1) is 31.0 Å². The number of carbonyl (C=O) groups excluding carboxylic acids is 1. The van der Waals surface area contributed by atoms with Gasteiger partial charge in [-0.15, -0.1) is 0 Å². The van der Waals surface area contributed by atoms with Gasteiger partial charge in [0, 0.05) is 23.9 Å². The van der Waals surface area contributed by atoms with Crippen LogP contribution in [0.2, 0.25) is 0 Å². The van der Waals surface area contributed by atoms with Crippen molar-refractivity contribution in [2.24, 2.45) is 5.92 Å². The molecule has 0 bridgehead atoms. The topological polar surface area (TPSA) is 56.6 Å². The van der Waals surface area contributed by atoms with Crippen molar-refractivity contribution in [1.29, 1.82) is 0 Å². The zero-order valence-corrected chi connectivity index (χ0v) is 18.2. The van der Waals surface area contributed by atoms with E-state index in [-0.39, 0.29) is 11.9 Å². The van der Waals surface area contributed by atoms with Gasteiger partial charge < -0.3 is 9.47 Å². The van der Waals surface area contributed by atoms with Gasteiger partial charge in [0.1, 0.15) is 5.75 Å². The number of rotatable bonds is 7. The first kappa shape index (κ1) is 21.1. The molecule has 0 amide bonds. The summed E-state index contributed by atoms with van der Waals surface area (Å²) in [7, 11) is 1.67.